The number of halogens is 1. The molecule has 2 aliphatic rings. The molecule has 2 rings (SSSR count). The summed E-state index contributed by atoms with van der Waals surface area (Å²) < 4.78 is 0. The van der Waals surface area contributed by atoms with Gasteiger partial charge in [0.05, 0.1) is 0 Å². The average molecular weight is 344 g/mol. The third-order valence-corrected chi connectivity index (χ3v) is 7.01. The maximum atomic E-state index is 3.85. The minimum absolute atomic E-state index is 0.502. The Morgan fingerprint density at radius 1 is 1.00 bits per heavy atom. The molecular formula is C18H34BrN. The molecule has 0 aromatic carbocycles. The van der Waals surface area contributed by atoms with Crippen molar-refractivity contribution in [2.45, 2.75) is 72.1 Å². The average Bonchev–Trinajstić information content (AvgIpc) is 2.64. The van der Waals surface area contributed by atoms with Gasteiger partial charge in [0.15, 0.2) is 0 Å². The highest BCUT2D eigenvalue weighted by Crippen LogP contribution is 2.39. The third-order valence-electron chi connectivity index (χ3n) is 5.82. The van der Waals surface area contributed by atoms with Crippen LogP contribution in [0.4, 0.5) is 0 Å². The van der Waals surface area contributed by atoms with E-state index >= 15 is 0 Å². The van der Waals surface area contributed by atoms with Crippen LogP contribution in [0.15, 0.2) is 0 Å². The molecule has 0 unspecified atom stereocenters. The van der Waals surface area contributed by atoms with Gasteiger partial charge in [-0.1, -0.05) is 62.4 Å². The Balaban J connectivity index is 1.87. The molecule has 0 amide bonds. The van der Waals surface area contributed by atoms with Crippen LogP contribution in [0, 0.1) is 16.7 Å². The van der Waals surface area contributed by atoms with Crippen molar-refractivity contribution in [1.29, 1.82) is 0 Å². The van der Waals surface area contributed by atoms with E-state index in [1.807, 2.05) is 0 Å². The van der Waals surface area contributed by atoms with Crippen molar-refractivity contribution < 1.29 is 0 Å². The van der Waals surface area contributed by atoms with Crippen molar-refractivity contribution in [2.75, 3.05) is 25.0 Å². The molecule has 1 saturated heterocycles. The molecule has 0 spiro atoms. The Hall–Kier alpha value is 0.440. The standard InChI is InChI=1S/C18H34BrN/c1-17(2,3)16-8-12-20(13-9-16)15-18(14-19)10-6-4-5-7-11-18/h16H,4-15H2,1-3H3. The molecule has 2 heteroatoms. The summed E-state index contributed by atoms with van der Waals surface area (Å²) >= 11 is 3.85. The highest BCUT2D eigenvalue weighted by Gasteiger charge is 2.35. The zero-order valence-electron chi connectivity index (χ0n) is 13.9. The first-order chi connectivity index (χ1) is 9.45. The van der Waals surface area contributed by atoms with E-state index in [4.69, 9.17) is 0 Å². The molecule has 1 aliphatic heterocycles. The molecule has 0 bridgehead atoms. The van der Waals surface area contributed by atoms with Gasteiger partial charge in [-0.05, 0) is 55.5 Å². The number of alkyl halides is 1. The topological polar surface area (TPSA) is 3.24 Å². The molecule has 0 aromatic heterocycles. The van der Waals surface area contributed by atoms with Crippen LogP contribution in [0.5, 0.6) is 0 Å². The minimum atomic E-state index is 0.502. The van der Waals surface area contributed by atoms with E-state index < -0.39 is 0 Å². The number of hydrogen-bond acceptors (Lipinski definition) is 1. The maximum Gasteiger partial charge on any atom is 0.0100 e. The van der Waals surface area contributed by atoms with Crippen LogP contribution in [0.2, 0.25) is 0 Å². The van der Waals surface area contributed by atoms with Crippen LogP contribution in [0.25, 0.3) is 0 Å². The Morgan fingerprint density at radius 2 is 1.55 bits per heavy atom. The van der Waals surface area contributed by atoms with E-state index in [-0.39, 0.29) is 0 Å². The van der Waals surface area contributed by atoms with Crippen LogP contribution in [-0.2, 0) is 0 Å². The molecule has 2 fully saturated rings. The summed E-state index contributed by atoms with van der Waals surface area (Å²) in [6.45, 7) is 11.2. The summed E-state index contributed by atoms with van der Waals surface area (Å²) in [7, 11) is 0. The lowest BCUT2D eigenvalue weighted by Crippen LogP contribution is -2.44. The molecule has 20 heavy (non-hydrogen) atoms. The van der Waals surface area contributed by atoms with Gasteiger partial charge in [-0.25, -0.2) is 0 Å². The molecule has 1 nitrogen and oxygen atoms in total. The van der Waals surface area contributed by atoms with Crippen molar-refractivity contribution in [3.63, 3.8) is 0 Å². The van der Waals surface area contributed by atoms with Crippen LogP contribution in [0.1, 0.15) is 72.1 Å². The molecule has 1 heterocycles. The lowest BCUT2D eigenvalue weighted by molar-refractivity contribution is 0.0759. The zero-order chi connectivity index (χ0) is 14.6. The van der Waals surface area contributed by atoms with E-state index in [0.717, 1.165) is 5.92 Å². The predicted molar refractivity (Wildman–Crippen MR) is 92.5 cm³/mol. The summed E-state index contributed by atoms with van der Waals surface area (Å²) in [4.78, 5) is 2.77. The van der Waals surface area contributed by atoms with Crippen molar-refractivity contribution in [1.82, 2.24) is 4.90 Å². The SMILES string of the molecule is CC(C)(C)C1CCN(CC2(CBr)CCCCCC2)CC1. The van der Waals surface area contributed by atoms with Crippen molar-refractivity contribution >= 4 is 15.9 Å². The first kappa shape index (κ1) is 16.8. The lowest BCUT2D eigenvalue weighted by Gasteiger charge is -2.43. The van der Waals surface area contributed by atoms with E-state index in [9.17, 15) is 0 Å². The molecule has 0 radical (unpaired) electrons. The quantitative estimate of drug-likeness (QED) is 0.484. The Labute approximate surface area is 135 Å². The Kier molecular flexibility index (Phi) is 5.99. The molecule has 0 atom stereocenters. The van der Waals surface area contributed by atoms with Gasteiger partial charge < -0.3 is 4.90 Å². The number of hydrogen-bond donors (Lipinski definition) is 0. The second kappa shape index (κ2) is 7.13. The van der Waals surface area contributed by atoms with Gasteiger partial charge in [0.1, 0.15) is 0 Å². The third kappa shape index (κ3) is 4.47. The van der Waals surface area contributed by atoms with Crippen LogP contribution < -0.4 is 0 Å². The van der Waals surface area contributed by atoms with Crippen LogP contribution in [-0.4, -0.2) is 29.9 Å². The molecule has 0 N–H and O–H groups in total. The van der Waals surface area contributed by atoms with Crippen molar-refractivity contribution in [3.05, 3.63) is 0 Å². The Morgan fingerprint density at radius 3 is 2.00 bits per heavy atom. The molecule has 1 saturated carbocycles. The summed E-state index contributed by atoms with van der Waals surface area (Å²) in [5.41, 5.74) is 1.08. The van der Waals surface area contributed by atoms with E-state index in [1.165, 1.54) is 76.3 Å². The number of piperidine rings is 1. The lowest BCUT2D eigenvalue weighted by atomic mass is 9.74. The monoisotopic (exact) mass is 343 g/mol. The second-order valence-electron chi connectivity index (χ2n) is 8.46. The number of likely N-dealkylation sites (tertiary alicyclic amines) is 1. The minimum Gasteiger partial charge on any atom is -0.303 e. The van der Waals surface area contributed by atoms with Gasteiger partial charge >= 0.3 is 0 Å². The van der Waals surface area contributed by atoms with Gasteiger partial charge in [-0.2, -0.15) is 0 Å². The zero-order valence-corrected chi connectivity index (χ0v) is 15.5. The molecule has 0 aromatic rings. The van der Waals surface area contributed by atoms with Gasteiger partial charge in [0.2, 0.25) is 0 Å². The first-order valence-electron chi connectivity index (χ1n) is 8.74. The van der Waals surface area contributed by atoms with Gasteiger partial charge in [-0.3, -0.25) is 0 Å². The van der Waals surface area contributed by atoms with E-state index in [2.05, 4.69) is 41.6 Å². The van der Waals surface area contributed by atoms with E-state index in [0.29, 0.717) is 10.8 Å². The first-order valence-corrected chi connectivity index (χ1v) is 9.86. The smallest absolute Gasteiger partial charge is 0.0100 e. The van der Waals surface area contributed by atoms with E-state index in [1.54, 1.807) is 0 Å². The molecular weight excluding hydrogens is 310 g/mol. The summed E-state index contributed by atoms with van der Waals surface area (Å²) in [6, 6.07) is 0. The van der Waals surface area contributed by atoms with Crippen LogP contribution in [0.3, 0.4) is 0 Å². The highest BCUT2D eigenvalue weighted by molar-refractivity contribution is 9.09. The van der Waals surface area contributed by atoms with Gasteiger partial charge in [0.25, 0.3) is 0 Å². The fourth-order valence-electron chi connectivity index (χ4n) is 4.24. The fraction of sp³-hybridized carbons (Fsp3) is 1.00. The maximum absolute atomic E-state index is 3.85. The summed E-state index contributed by atoms with van der Waals surface area (Å²) in [5.74, 6) is 0.924. The number of rotatable bonds is 3. The highest BCUT2D eigenvalue weighted by atomic mass is 79.9. The predicted octanol–water partition coefficient (Wildman–Crippen LogP) is 5.48. The second-order valence-corrected chi connectivity index (χ2v) is 9.03. The fourth-order valence-corrected chi connectivity index (χ4v) is 4.98. The van der Waals surface area contributed by atoms with Crippen molar-refractivity contribution in [3.8, 4) is 0 Å². The summed E-state index contributed by atoms with van der Waals surface area (Å²) in [6.07, 6.45) is 11.5. The van der Waals surface area contributed by atoms with Gasteiger partial charge in [-0.15, -0.1) is 0 Å². The van der Waals surface area contributed by atoms with Gasteiger partial charge in [0, 0.05) is 11.9 Å². The molecule has 118 valence electrons. The molecule has 1 aliphatic carbocycles. The summed E-state index contributed by atoms with van der Waals surface area (Å²) in [5, 5.41) is 1.21. The van der Waals surface area contributed by atoms with Crippen LogP contribution >= 0.6 is 15.9 Å². The normalized spacial score (nSPS) is 26.4. The largest absolute Gasteiger partial charge is 0.303 e. The Bertz CT molecular complexity index is 278. The number of nitrogens with zero attached hydrogens (tertiary/aromatic N) is 1. The van der Waals surface area contributed by atoms with Crippen molar-refractivity contribution in [2.24, 2.45) is 16.7 Å².